The molecule has 0 radical (unpaired) electrons. The monoisotopic (exact) mass is 319 g/mol. The molecular formula is C15H14BrNO2. The van der Waals surface area contributed by atoms with Crippen molar-refractivity contribution < 1.29 is 9.84 Å². The number of aryl methyl sites for hydroxylation is 1. The van der Waals surface area contributed by atoms with Gasteiger partial charge in [0.2, 0.25) is 0 Å². The van der Waals surface area contributed by atoms with E-state index in [1.165, 1.54) is 7.11 Å². The Morgan fingerprint density at radius 2 is 2.05 bits per heavy atom. The molecule has 0 saturated carbocycles. The van der Waals surface area contributed by atoms with Gasteiger partial charge in [-0.15, -0.1) is 0 Å². The number of aromatic hydroxyl groups is 1. The first-order valence-corrected chi connectivity index (χ1v) is 6.56. The highest BCUT2D eigenvalue weighted by Gasteiger charge is 2.07. The van der Waals surface area contributed by atoms with Crippen LogP contribution in [0.4, 0.5) is 5.69 Å². The smallest absolute Gasteiger partial charge is 0.166 e. The van der Waals surface area contributed by atoms with Crippen molar-refractivity contribution in [1.82, 2.24) is 0 Å². The highest BCUT2D eigenvalue weighted by molar-refractivity contribution is 9.10. The lowest BCUT2D eigenvalue weighted by Crippen LogP contribution is -1.89. The van der Waals surface area contributed by atoms with Gasteiger partial charge in [-0.1, -0.05) is 28.1 Å². The lowest BCUT2D eigenvalue weighted by atomic mass is 10.2. The first-order chi connectivity index (χ1) is 9.10. The molecule has 0 aliphatic heterocycles. The van der Waals surface area contributed by atoms with Gasteiger partial charge in [0.05, 0.1) is 12.8 Å². The van der Waals surface area contributed by atoms with E-state index in [0.29, 0.717) is 11.3 Å². The molecule has 98 valence electrons. The molecule has 0 spiro atoms. The fourth-order valence-corrected chi connectivity index (χ4v) is 2.16. The number of phenols is 1. The number of benzene rings is 2. The number of rotatable bonds is 3. The highest BCUT2D eigenvalue weighted by Crippen LogP contribution is 2.32. The number of methoxy groups -OCH3 is 1. The fraction of sp³-hybridized carbons (Fsp3) is 0.133. The third-order valence-electron chi connectivity index (χ3n) is 2.64. The average molecular weight is 320 g/mol. The van der Waals surface area contributed by atoms with E-state index in [4.69, 9.17) is 4.74 Å². The fourth-order valence-electron chi connectivity index (χ4n) is 1.70. The molecule has 0 aromatic heterocycles. The molecule has 0 saturated heterocycles. The van der Waals surface area contributed by atoms with Crippen molar-refractivity contribution >= 4 is 27.8 Å². The molecule has 2 aromatic rings. The van der Waals surface area contributed by atoms with Crippen LogP contribution in [0.2, 0.25) is 0 Å². The minimum Gasteiger partial charge on any atom is -0.504 e. The zero-order valence-corrected chi connectivity index (χ0v) is 12.3. The number of aliphatic imine (C=N–C) groups is 1. The minimum atomic E-state index is 0.0853. The summed E-state index contributed by atoms with van der Waals surface area (Å²) in [5, 5.41) is 10.0. The lowest BCUT2D eigenvalue weighted by molar-refractivity contribution is 0.373. The van der Waals surface area contributed by atoms with E-state index in [0.717, 1.165) is 15.7 Å². The molecule has 0 aliphatic rings. The van der Waals surface area contributed by atoms with Crippen LogP contribution >= 0.6 is 15.9 Å². The SMILES string of the molecule is COc1cc(Br)cc(C=Nc2cccc(C)c2)c1O. The van der Waals surface area contributed by atoms with Gasteiger partial charge < -0.3 is 9.84 Å². The maximum atomic E-state index is 10.0. The van der Waals surface area contributed by atoms with Gasteiger partial charge in [-0.25, -0.2) is 0 Å². The molecule has 3 nitrogen and oxygen atoms in total. The summed E-state index contributed by atoms with van der Waals surface area (Å²) in [5.74, 6) is 0.502. The number of phenolic OH excluding ortho intramolecular Hbond substituents is 1. The first kappa shape index (κ1) is 13.6. The molecule has 0 bridgehead atoms. The Kier molecular flexibility index (Phi) is 4.22. The van der Waals surface area contributed by atoms with Crippen molar-refractivity contribution in [2.75, 3.05) is 7.11 Å². The van der Waals surface area contributed by atoms with Crippen LogP contribution in [0, 0.1) is 6.92 Å². The van der Waals surface area contributed by atoms with Crippen molar-refractivity contribution in [3.8, 4) is 11.5 Å². The molecule has 4 heteroatoms. The van der Waals surface area contributed by atoms with Gasteiger partial charge in [0.15, 0.2) is 11.5 Å². The molecule has 0 amide bonds. The molecule has 0 aliphatic carbocycles. The summed E-state index contributed by atoms with van der Waals surface area (Å²) in [6.07, 6.45) is 1.62. The van der Waals surface area contributed by atoms with Gasteiger partial charge in [-0.05, 0) is 36.8 Å². The molecule has 0 fully saturated rings. The summed E-state index contributed by atoms with van der Waals surface area (Å²) in [6.45, 7) is 2.01. The van der Waals surface area contributed by atoms with Crippen molar-refractivity contribution in [2.24, 2.45) is 4.99 Å². The second kappa shape index (κ2) is 5.89. The van der Waals surface area contributed by atoms with Crippen molar-refractivity contribution in [2.45, 2.75) is 6.92 Å². The van der Waals surface area contributed by atoms with Crippen molar-refractivity contribution in [1.29, 1.82) is 0 Å². The Labute approximate surface area is 120 Å². The lowest BCUT2D eigenvalue weighted by Gasteiger charge is -2.06. The molecule has 0 heterocycles. The van der Waals surface area contributed by atoms with Gasteiger partial charge in [-0.3, -0.25) is 4.99 Å². The summed E-state index contributed by atoms with van der Waals surface area (Å²) in [5.41, 5.74) is 2.59. The molecule has 2 aromatic carbocycles. The molecule has 19 heavy (non-hydrogen) atoms. The third kappa shape index (κ3) is 3.35. The molecule has 0 unspecified atom stereocenters. The summed E-state index contributed by atoms with van der Waals surface area (Å²) in [6, 6.07) is 11.3. The standard InChI is InChI=1S/C15H14BrNO2/c1-10-4-3-5-13(6-10)17-9-11-7-12(16)8-14(19-2)15(11)18/h3-9,18H,1-2H3. The van der Waals surface area contributed by atoms with E-state index in [2.05, 4.69) is 20.9 Å². The zero-order valence-electron chi connectivity index (χ0n) is 10.7. The largest absolute Gasteiger partial charge is 0.504 e. The molecule has 0 atom stereocenters. The Bertz CT molecular complexity index is 624. The van der Waals surface area contributed by atoms with Crippen LogP contribution in [-0.2, 0) is 0 Å². The maximum absolute atomic E-state index is 10.0. The van der Waals surface area contributed by atoms with Crippen LogP contribution in [0.3, 0.4) is 0 Å². The third-order valence-corrected chi connectivity index (χ3v) is 3.10. The van der Waals surface area contributed by atoms with Crippen LogP contribution < -0.4 is 4.74 Å². The minimum absolute atomic E-state index is 0.0853. The maximum Gasteiger partial charge on any atom is 0.166 e. The summed E-state index contributed by atoms with van der Waals surface area (Å²) in [7, 11) is 1.52. The predicted molar refractivity (Wildman–Crippen MR) is 80.8 cm³/mol. The van der Waals surface area contributed by atoms with Gasteiger partial charge in [0, 0.05) is 16.3 Å². The quantitative estimate of drug-likeness (QED) is 0.860. The Morgan fingerprint density at radius 3 is 2.74 bits per heavy atom. The zero-order chi connectivity index (χ0) is 13.8. The second-order valence-corrected chi connectivity index (χ2v) is 5.06. The normalized spacial score (nSPS) is 10.9. The van der Waals surface area contributed by atoms with E-state index in [-0.39, 0.29) is 5.75 Å². The van der Waals surface area contributed by atoms with Gasteiger partial charge in [0.25, 0.3) is 0 Å². The molecular weight excluding hydrogens is 306 g/mol. The first-order valence-electron chi connectivity index (χ1n) is 5.77. The van der Waals surface area contributed by atoms with Gasteiger partial charge in [-0.2, -0.15) is 0 Å². The van der Waals surface area contributed by atoms with Crippen LogP contribution in [0.15, 0.2) is 45.9 Å². The van der Waals surface area contributed by atoms with E-state index in [9.17, 15) is 5.11 Å². The summed E-state index contributed by atoms with van der Waals surface area (Å²) < 4.78 is 5.92. The Hall–Kier alpha value is -1.81. The Morgan fingerprint density at radius 1 is 1.26 bits per heavy atom. The van der Waals surface area contributed by atoms with Gasteiger partial charge in [0.1, 0.15) is 0 Å². The second-order valence-electron chi connectivity index (χ2n) is 4.14. The summed E-state index contributed by atoms with van der Waals surface area (Å²) >= 11 is 3.37. The van der Waals surface area contributed by atoms with Crippen LogP contribution in [0.5, 0.6) is 11.5 Å². The summed E-state index contributed by atoms with van der Waals surface area (Å²) in [4.78, 5) is 4.35. The number of ether oxygens (including phenoxy) is 1. The van der Waals surface area contributed by atoms with E-state index in [1.807, 2.05) is 31.2 Å². The highest BCUT2D eigenvalue weighted by atomic mass is 79.9. The van der Waals surface area contributed by atoms with Crippen LogP contribution in [0.1, 0.15) is 11.1 Å². The van der Waals surface area contributed by atoms with Crippen molar-refractivity contribution in [3.05, 3.63) is 52.0 Å². The molecule has 2 rings (SSSR count). The molecule has 1 N–H and O–H groups in total. The topological polar surface area (TPSA) is 41.8 Å². The Balaban J connectivity index is 2.35. The van der Waals surface area contributed by atoms with E-state index >= 15 is 0 Å². The van der Waals surface area contributed by atoms with Gasteiger partial charge >= 0.3 is 0 Å². The number of hydrogen-bond acceptors (Lipinski definition) is 3. The van der Waals surface area contributed by atoms with Crippen LogP contribution in [-0.4, -0.2) is 18.4 Å². The number of hydrogen-bond donors (Lipinski definition) is 1. The van der Waals surface area contributed by atoms with Crippen LogP contribution in [0.25, 0.3) is 0 Å². The van der Waals surface area contributed by atoms with E-state index in [1.54, 1.807) is 18.3 Å². The van der Waals surface area contributed by atoms with Crippen molar-refractivity contribution in [3.63, 3.8) is 0 Å². The predicted octanol–water partition coefficient (Wildman–Crippen LogP) is 4.22. The average Bonchev–Trinajstić information content (AvgIpc) is 2.39. The van der Waals surface area contributed by atoms with E-state index < -0.39 is 0 Å². The number of halogens is 1. The number of nitrogens with zero attached hydrogens (tertiary/aromatic N) is 1.